The zero-order chi connectivity index (χ0) is 22.6. The number of pyridine rings is 1. The van der Waals surface area contributed by atoms with Crippen molar-refractivity contribution in [3.8, 4) is 11.5 Å². The maximum absolute atomic E-state index is 13.4. The first-order valence-electron chi connectivity index (χ1n) is 10.1. The molecule has 1 N–H and O–H groups in total. The summed E-state index contributed by atoms with van der Waals surface area (Å²) in [5, 5.41) is 2.76. The fraction of sp³-hybridized carbons (Fsp3) is 0.217. The molecule has 1 aliphatic heterocycles. The molecule has 0 bridgehead atoms. The van der Waals surface area contributed by atoms with E-state index in [0.29, 0.717) is 17.2 Å². The van der Waals surface area contributed by atoms with Crippen molar-refractivity contribution >= 4 is 21.6 Å². The Morgan fingerprint density at radius 3 is 2.44 bits per heavy atom. The number of rotatable bonds is 7. The van der Waals surface area contributed by atoms with Crippen LogP contribution in [0.25, 0.3) is 0 Å². The Kier molecular flexibility index (Phi) is 6.38. The number of benzene rings is 2. The second-order valence-corrected chi connectivity index (χ2v) is 9.18. The van der Waals surface area contributed by atoms with Crippen molar-refractivity contribution in [2.45, 2.75) is 23.5 Å². The van der Waals surface area contributed by atoms with Gasteiger partial charge in [-0.1, -0.05) is 18.2 Å². The lowest BCUT2D eigenvalue weighted by Gasteiger charge is -2.23. The summed E-state index contributed by atoms with van der Waals surface area (Å²) in [6.45, 7) is 0.0500. The number of ether oxygens (including phenoxy) is 2. The van der Waals surface area contributed by atoms with Crippen LogP contribution >= 0.6 is 0 Å². The summed E-state index contributed by atoms with van der Waals surface area (Å²) in [5.41, 5.74) is 0.492. The molecule has 9 heteroatoms. The Balaban J connectivity index is 1.61. The van der Waals surface area contributed by atoms with Crippen LogP contribution in [-0.2, 0) is 14.8 Å². The average Bonchev–Trinajstić information content (AvgIpc) is 3.25. The van der Waals surface area contributed by atoms with Gasteiger partial charge in [-0.25, -0.2) is 8.42 Å². The van der Waals surface area contributed by atoms with E-state index in [1.807, 2.05) is 18.2 Å². The molecule has 0 saturated carbocycles. The van der Waals surface area contributed by atoms with Crippen molar-refractivity contribution < 1.29 is 22.7 Å². The minimum absolute atomic E-state index is 0.0500. The van der Waals surface area contributed by atoms with E-state index in [4.69, 9.17) is 9.47 Å². The third-order valence-electron chi connectivity index (χ3n) is 5.16. The Hall–Kier alpha value is -3.43. The van der Waals surface area contributed by atoms with Crippen LogP contribution in [0.3, 0.4) is 0 Å². The van der Waals surface area contributed by atoms with E-state index >= 15 is 0 Å². The number of amides is 1. The molecule has 2 atom stereocenters. The van der Waals surface area contributed by atoms with Crippen LogP contribution in [0.5, 0.6) is 11.5 Å². The minimum Gasteiger partial charge on any atom is -0.497 e. The highest BCUT2D eigenvalue weighted by Crippen LogP contribution is 2.30. The van der Waals surface area contributed by atoms with Gasteiger partial charge in [0.25, 0.3) is 0 Å². The first-order valence-corrected chi connectivity index (χ1v) is 11.5. The first-order chi connectivity index (χ1) is 15.5. The van der Waals surface area contributed by atoms with Gasteiger partial charge in [-0.3, -0.25) is 9.78 Å². The van der Waals surface area contributed by atoms with Gasteiger partial charge in [0.05, 0.1) is 30.4 Å². The fourth-order valence-corrected chi connectivity index (χ4v) is 5.22. The fourth-order valence-electron chi connectivity index (χ4n) is 3.59. The highest BCUT2D eigenvalue weighted by molar-refractivity contribution is 7.89. The van der Waals surface area contributed by atoms with E-state index in [2.05, 4.69) is 10.3 Å². The molecule has 8 nitrogen and oxygen atoms in total. The normalized spacial score (nSPS) is 18.8. The van der Waals surface area contributed by atoms with Crippen LogP contribution in [0, 0.1) is 0 Å². The largest absolute Gasteiger partial charge is 0.497 e. The van der Waals surface area contributed by atoms with E-state index in [1.165, 1.54) is 29.7 Å². The van der Waals surface area contributed by atoms with Crippen LogP contribution < -0.4 is 14.8 Å². The summed E-state index contributed by atoms with van der Waals surface area (Å²) >= 11 is 0. The number of carbonyl (C=O) groups is 1. The van der Waals surface area contributed by atoms with Gasteiger partial charge in [-0.15, -0.1) is 0 Å². The second kappa shape index (κ2) is 9.37. The van der Waals surface area contributed by atoms with Crippen molar-refractivity contribution in [3.05, 3.63) is 79.1 Å². The SMILES string of the molecule is COc1ccc(S(=O)(=O)N2CC(Oc3ccccc3)CC2C(=O)Nc2cccnc2)cc1. The maximum Gasteiger partial charge on any atom is 0.243 e. The molecule has 1 aliphatic rings. The highest BCUT2D eigenvalue weighted by Gasteiger charge is 2.45. The van der Waals surface area contributed by atoms with Crippen molar-refractivity contribution in [2.24, 2.45) is 0 Å². The summed E-state index contributed by atoms with van der Waals surface area (Å²) in [5.74, 6) is 0.725. The van der Waals surface area contributed by atoms with Gasteiger partial charge in [0.2, 0.25) is 15.9 Å². The molecule has 1 aromatic heterocycles. The predicted octanol–water partition coefficient (Wildman–Crippen LogP) is 2.94. The summed E-state index contributed by atoms with van der Waals surface area (Å²) in [4.78, 5) is 17.1. The molecule has 1 amide bonds. The number of hydrogen-bond donors (Lipinski definition) is 1. The highest BCUT2D eigenvalue weighted by atomic mass is 32.2. The van der Waals surface area contributed by atoms with Crippen LogP contribution in [0.1, 0.15) is 6.42 Å². The number of anilines is 1. The van der Waals surface area contributed by atoms with Crippen molar-refractivity contribution in [1.82, 2.24) is 9.29 Å². The second-order valence-electron chi connectivity index (χ2n) is 7.29. The van der Waals surface area contributed by atoms with E-state index in [0.717, 1.165) is 0 Å². The molecule has 0 spiro atoms. The van der Waals surface area contributed by atoms with Gasteiger partial charge in [0.15, 0.2) is 0 Å². The lowest BCUT2D eigenvalue weighted by atomic mass is 10.2. The first kappa shape index (κ1) is 21.8. The van der Waals surface area contributed by atoms with Crippen LogP contribution in [0.4, 0.5) is 5.69 Å². The molecule has 1 fully saturated rings. The molecule has 32 heavy (non-hydrogen) atoms. The Bertz CT molecular complexity index is 1160. The number of methoxy groups -OCH3 is 1. The summed E-state index contributed by atoms with van der Waals surface area (Å²) in [6.07, 6.45) is 2.84. The number of carbonyl (C=O) groups excluding carboxylic acids is 1. The number of aromatic nitrogens is 1. The summed E-state index contributed by atoms with van der Waals surface area (Å²) < 4.78 is 39.2. The minimum atomic E-state index is -3.95. The zero-order valence-electron chi connectivity index (χ0n) is 17.4. The molecule has 2 unspecified atom stereocenters. The zero-order valence-corrected chi connectivity index (χ0v) is 18.2. The topological polar surface area (TPSA) is 97.8 Å². The lowest BCUT2D eigenvalue weighted by molar-refractivity contribution is -0.119. The molecule has 166 valence electrons. The molecule has 0 radical (unpaired) electrons. The standard InChI is InChI=1S/C23H23N3O5S/c1-30-18-9-11-21(12-10-18)32(28,29)26-16-20(31-19-7-3-2-4-8-19)14-22(26)23(27)25-17-6-5-13-24-15-17/h2-13,15,20,22H,14,16H2,1H3,(H,25,27). The third-order valence-corrected chi connectivity index (χ3v) is 7.05. The van der Waals surface area contributed by atoms with Crippen LogP contribution in [-0.4, -0.2) is 49.4 Å². The van der Waals surface area contributed by atoms with Gasteiger partial charge >= 0.3 is 0 Å². The summed E-state index contributed by atoms with van der Waals surface area (Å²) in [6, 6.07) is 17.7. The van der Waals surface area contributed by atoms with Gasteiger partial charge in [0.1, 0.15) is 23.6 Å². The van der Waals surface area contributed by atoms with E-state index < -0.39 is 28.1 Å². The summed E-state index contributed by atoms with van der Waals surface area (Å²) in [7, 11) is -2.45. The van der Waals surface area contributed by atoms with Crippen molar-refractivity contribution in [2.75, 3.05) is 19.0 Å². The van der Waals surface area contributed by atoms with Gasteiger partial charge < -0.3 is 14.8 Å². The molecular weight excluding hydrogens is 430 g/mol. The van der Waals surface area contributed by atoms with Gasteiger partial charge in [0, 0.05) is 12.6 Å². The quantitative estimate of drug-likeness (QED) is 0.591. The molecular formula is C23H23N3O5S. The molecule has 3 aromatic rings. The smallest absolute Gasteiger partial charge is 0.243 e. The third kappa shape index (κ3) is 4.74. The molecule has 2 aromatic carbocycles. The Morgan fingerprint density at radius 1 is 1.03 bits per heavy atom. The van der Waals surface area contributed by atoms with Crippen LogP contribution in [0.15, 0.2) is 84.0 Å². The van der Waals surface area contributed by atoms with Crippen molar-refractivity contribution in [3.63, 3.8) is 0 Å². The molecule has 0 aliphatic carbocycles. The molecule has 2 heterocycles. The maximum atomic E-state index is 13.4. The number of sulfonamides is 1. The Morgan fingerprint density at radius 2 is 1.78 bits per heavy atom. The van der Waals surface area contributed by atoms with Gasteiger partial charge in [-0.2, -0.15) is 4.31 Å². The average molecular weight is 454 g/mol. The number of nitrogens with zero attached hydrogens (tertiary/aromatic N) is 2. The van der Waals surface area contributed by atoms with E-state index in [-0.39, 0.29) is 17.9 Å². The Labute approximate surface area is 186 Å². The van der Waals surface area contributed by atoms with Crippen molar-refractivity contribution in [1.29, 1.82) is 0 Å². The predicted molar refractivity (Wildman–Crippen MR) is 119 cm³/mol. The number of nitrogens with one attached hydrogen (secondary N) is 1. The molecule has 4 rings (SSSR count). The lowest BCUT2D eigenvalue weighted by Crippen LogP contribution is -2.43. The molecule has 1 saturated heterocycles. The van der Waals surface area contributed by atoms with Gasteiger partial charge in [-0.05, 0) is 48.5 Å². The van der Waals surface area contributed by atoms with E-state index in [1.54, 1.807) is 42.6 Å². The van der Waals surface area contributed by atoms with E-state index in [9.17, 15) is 13.2 Å². The van der Waals surface area contributed by atoms with Crippen LogP contribution in [0.2, 0.25) is 0 Å². The number of hydrogen-bond acceptors (Lipinski definition) is 6. The monoisotopic (exact) mass is 453 g/mol. The number of para-hydroxylation sites is 1.